The lowest BCUT2D eigenvalue weighted by Gasteiger charge is -2.36. The van der Waals surface area contributed by atoms with Crippen LogP contribution in [-0.2, 0) is 6.54 Å². The smallest absolute Gasteiger partial charge is 0.314 e. The molecule has 0 spiro atoms. The number of hydrogen-bond donors (Lipinski definition) is 1. The fourth-order valence-electron chi connectivity index (χ4n) is 2.76. The van der Waals surface area contributed by atoms with E-state index in [4.69, 9.17) is 11.6 Å². The van der Waals surface area contributed by atoms with E-state index in [1.54, 1.807) is 6.07 Å². The van der Waals surface area contributed by atoms with Crippen LogP contribution in [0, 0.1) is 0 Å². The van der Waals surface area contributed by atoms with Gasteiger partial charge in [-0.05, 0) is 23.8 Å². The molecular formula is C15H17ClF2N4. The van der Waals surface area contributed by atoms with Gasteiger partial charge < -0.3 is 5.32 Å². The minimum atomic E-state index is -2.60. The van der Waals surface area contributed by atoms with Crippen molar-refractivity contribution in [3.8, 4) is 0 Å². The maximum Gasteiger partial charge on any atom is 0.333 e. The molecule has 1 unspecified atom stereocenters. The maximum atomic E-state index is 12.6. The van der Waals surface area contributed by atoms with Crippen molar-refractivity contribution in [3.63, 3.8) is 0 Å². The monoisotopic (exact) mass is 326 g/mol. The Morgan fingerprint density at radius 1 is 1.36 bits per heavy atom. The quantitative estimate of drug-likeness (QED) is 0.937. The molecule has 0 radical (unpaired) electrons. The van der Waals surface area contributed by atoms with E-state index in [2.05, 4.69) is 15.3 Å². The van der Waals surface area contributed by atoms with E-state index >= 15 is 0 Å². The number of nitrogens with one attached hydrogen (secondary N) is 1. The predicted octanol–water partition coefficient (Wildman–Crippen LogP) is 3.08. The lowest BCUT2D eigenvalue weighted by atomic mass is 10.0. The Bertz CT molecular complexity index is 632. The van der Waals surface area contributed by atoms with Gasteiger partial charge in [0.25, 0.3) is 0 Å². The summed E-state index contributed by atoms with van der Waals surface area (Å²) in [5.74, 6) is 0. The highest BCUT2D eigenvalue weighted by Gasteiger charge is 2.24. The summed E-state index contributed by atoms with van der Waals surface area (Å²) in [6.07, 6.45) is 1.32. The first-order chi connectivity index (χ1) is 10.6. The van der Waals surface area contributed by atoms with E-state index < -0.39 is 6.55 Å². The van der Waals surface area contributed by atoms with E-state index in [9.17, 15) is 8.78 Å². The zero-order chi connectivity index (χ0) is 15.5. The number of nitrogens with zero attached hydrogens (tertiary/aromatic N) is 3. The standard InChI is InChI=1S/C15H17ClF2N4/c16-12-3-1-2-11(8-12)14-9-19-5-7-21(14)10-13-4-6-22(20-13)15(17)18/h1-4,6,8,14-15,19H,5,7,9-10H2. The van der Waals surface area contributed by atoms with E-state index in [0.717, 1.165) is 25.2 Å². The summed E-state index contributed by atoms with van der Waals surface area (Å²) >= 11 is 6.07. The van der Waals surface area contributed by atoms with Crippen molar-refractivity contribution in [1.29, 1.82) is 0 Å². The molecule has 0 bridgehead atoms. The van der Waals surface area contributed by atoms with Crippen molar-refractivity contribution in [1.82, 2.24) is 20.0 Å². The molecule has 4 nitrogen and oxygen atoms in total. The average Bonchev–Trinajstić information content (AvgIpc) is 2.97. The van der Waals surface area contributed by atoms with Crippen LogP contribution in [0.25, 0.3) is 0 Å². The number of alkyl halides is 2. The minimum absolute atomic E-state index is 0.157. The summed E-state index contributed by atoms with van der Waals surface area (Å²) in [6, 6.07) is 9.55. The minimum Gasteiger partial charge on any atom is -0.314 e. The third-order valence-corrected chi connectivity index (χ3v) is 4.05. The van der Waals surface area contributed by atoms with Crippen molar-refractivity contribution in [2.24, 2.45) is 0 Å². The zero-order valence-corrected chi connectivity index (χ0v) is 12.7. The summed E-state index contributed by atoms with van der Waals surface area (Å²) < 4.78 is 25.9. The van der Waals surface area contributed by atoms with Crippen molar-refractivity contribution in [3.05, 3.63) is 52.8 Å². The third-order valence-electron chi connectivity index (χ3n) is 3.82. The summed E-state index contributed by atoms with van der Waals surface area (Å²) in [7, 11) is 0. The Labute approximate surface area is 132 Å². The molecule has 1 fully saturated rings. The van der Waals surface area contributed by atoms with Crippen LogP contribution in [0.15, 0.2) is 36.5 Å². The van der Waals surface area contributed by atoms with Gasteiger partial charge in [0, 0.05) is 43.4 Å². The molecule has 1 N–H and O–H groups in total. The fourth-order valence-corrected chi connectivity index (χ4v) is 2.96. The van der Waals surface area contributed by atoms with Gasteiger partial charge in [-0.25, -0.2) is 4.68 Å². The Morgan fingerprint density at radius 3 is 2.95 bits per heavy atom. The molecule has 1 aliphatic rings. The van der Waals surface area contributed by atoms with Gasteiger partial charge in [0.05, 0.1) is 5.69 Å². The average molecular weight is 327 g/mol. The van der Waals surface area contributed by atoms with E-state index in [1.807, 2.05) is 24.3 Å². The van der Waals surface area contributed by atoms with Gasteiger partial charge in [-0.15, -0.1) is 0 Å². The van der Waals surface area contributed by atoms with Crippen LogP contribution in [0.2, 0.25) is 5.02 Å². The zero-order valence-electron chi connectivity index (χ0n) is 11.9. The number of aromatic nitrogens is 2. The number of piperazine rings is 1. The highest BCUT2D eigenvalue weighted by atomic mass is 35.5. The van der Waals surface area contributed by atoms with Crippen LogP contribution in [0.5, 0.6) is 0 Å². The highest BCUT2D eigenvalue weighted by molar-refractivity contribution is 6.30. The number of rotatable bonds is 4. The molecule has 1 saturated heterocycles. The Kier molecular flexibility index (Phi) is 4.71. The van der Waals surface area contributed by atoms with E-state index in [1.165, 1.54) is 6.20 Å². The van der Waals surface area contributed by atoms with Crippen molar-refractivity contribution in [2.75, 3.05) is 19.6 Å². The molecule has 1 atom stereocenters. The predicted molar refractivity (Wildman–Crippen MR) is 81.0 cm³/mol. The summed E-state index contributed by atoms with van der Waals surface area (Å²) in [6.45, 7) is 0.445. The molecule has 118 valence electrons. The normalized spacial score (nSPS) is 19.7. The largest absolute Gasteiger partial charge is 0.333 e. The molecule has 1 aromatic carbocycles. The third kappa shape index (κ3) is 3.45. The van der Waals surface area contributed by atoms with Gasteiger partial charge in [0.2, 0.25) is 0 Å². The first kappa shape index (κ1) is 15.4. The Balaban J connectivity index is 1.77. The van der Waals surface area contributed by atoms with E-state index in [-0.39, 0.29) is 6.04 Å². The number of halogens is 3. The SMILES string of the molecule is FC(F)n1ccc(CN2CCNCC2c2cccc(Cl)c2)n1. The van der Waals surface area contributed by atoms with Gasteiger partial charge in [0.15, 0.2) is 0 Å². The van der Waals surface area contributed by atoms with Gasteiger partial charge in [0.1, 0.15) is 0 Å². The molecule has 0 amide bonds. The summed E-state index contributed by atoms with van der Waals surface area (Å²) in [5, 5.41) is 7.99. The molecule has 22 heavy (non-hydrogen) atoms. The molecule has 2 heterocycles. The molecule has 7 heteroatoms. The summed E-state index contributed by atoms with van der Waals surface area (Å²) in [5.41, 5.74) is 1.77. The van der Waals surface area contributed by atoms with Crippen molar-refractivity contribution in [2.45, 2.75) is 19.1 Å². The molecule has 0 saturated carbocycles. The summed E-state index contributed by atoms with van der Waals surface area (Å²) in [4.78, 5) is 2.24. The molecule has 3 rings (SSSR count). The van der Waals surface area contributed by atoms with Crippen LogP contribution in [0.4, 0.5) is 8.78 Å². The van der Waals surface area contributed by atoms with E-state index in [0.29, 0.717) is 21.9 Å². The number of benzene rings is 1. The van der Waals surface area contributed by atoms with Crippen molar-refractivity contribution < 1.29 is 8.78 Å². The first-order valence-electron chi connectivity index (χ1n) is 7.16. The lowest BCUT2D eigenvalue weighted by Crippen LogP contribution is -2.45. The molecule has 1 aromatic heterocycles. The van der Waals surface area contributed by atoms with Crippen LogP contribution >= 0.6 is 11.6 Å². The molecule has 0 aliphatic carbocycles. The highest BCUT2D eigenvalue weighted by Crippen LogP contribution is 2.26. The maximum absolute atomic E-state index is 12.6. The molecular weight excluding hydrogens is 310 g/mol. The van der Waals surface area contributed by atoms with Crippen LogP contribution in [-0.4, -0.2) is 34.3 Å². The lowest BCUT2D eigenvalue weighted by molar-refractivity contribution is 0.0554. The van der Waals surface area contributed by atoms with Crippen LogP contribution in [0.3, 0.4) is 0 Å². The topological polar surface area (TPSA) is 33.1 Å². The van der Waals surface area contributed by atoms with Gasteiger partial charge in [-0.3, -0.25) is 4.90 Å². The fraction of sp³-hybridized carbons (Fsp3) is 0.400. The molecule has 2 aromatic rings. The van der Waals surface area contributed by atoms with Crippen molar-refractivity contribution >= 4 is 11.6 Å². The second-order valence-electron chi connectivity index (χ2n) is 5.31. The number of hydrogen-bond acceptors (Lipinski definition) is 3. The van der Waals surface area contributed by atoms with Gasteiger partial charge >= 0.3 is 6.55 Å². The Morgan fingerprint density at radius 2 is 2.23 bits per heavy atom. The Hall–Kier alpha value is -1.50. The second kappa shape index (κ2) is 6.73. The van der Waals surface area contributed by atoms with Gasteiger partial charge in [-0.2, -0.15) is 13.9 Å². The van der Waals surface area contributed by atoms with Gasteiger partial charge in [-0.1, -0.05) is 23.7 Å². The molecule has 1 aliphatic heterocycles. The first-order valence-corrected chi connectivity index (χ1v) is 7.54. The van der Waals surface area contributed by atoms with Crippen LogP contribution in [0.1, 0.15) is 23.8 Å². The van der Waals surface area contributed by atoms with Crippen LogP contribution < -0.4 is 5.32 Å². The second-order valence-corrected chi connectivity index (χ2v) is 5.75.